The van der Waals surface area contributed by atoms with Crippen molar-refractivity contribution in [3.63, 3.8) is 0 Å². The molecule has 0 saturated heterocycles. The van der Waals surface area contributed by atoms with Gasteiger partial charge in [-0.15, -0.1) is 0 Å². The highest BCUT2D eigenvalue weighted by Gasteiger charge is 2.04. The average Bonchev–Trinajstić information content (AvgIpc) is 2.29. The number of ether oxygens (including phenoxy) is 1. The van der Waals surface area contributed by atoms with Crippen molar-refractivity contribution in [1.29, 1.82) is 0 Å². The fourth-order valence-corrected chi connectivity index (χ4v) is 1.95. The van der Waals surface area contributed by atoms with Gasteiger partial charge in [0.1, 0.15) is 0 Å². The lowest BCUT2D eigenvalue weighted by atomic mass is 10.2. The third-order valence-corrected chi connectivity index (χ3v) is 2.83. The van der Waals surface area contributed by atoms with E-state index in [1.807, 2.05) is 24.3 Å². The van der Waals surface area contributed by atoms with Crippen molar-refractivity contribution < 1.29 is 9.53 Å². The summed E-state index contributed by atoms with van der Waals surface area (Å²) in [5.74, 6) is 0.353. The number of hydrogen-bond donors (Lipinski definition) is 2. The normalized spacial score (nSPS) is 12.2. The molecule has 1 atom stereocenters. The molecule has 0 fully saturated rings. The van der Waals surface area contributed by atoms with E-state index < -0.39 is 0 Å². The van der Waals surface area contributed by atoms with Crippen LogP contribution in [0, 0.1) is 5.92 Å². The Bertz CT molecular complexity index is 385. The molecule has 100 valence electrons. The molecule has 5 heteroatoms. The lowest BCUT2D eigenvalue weighted by Gasteiger charge is -2.11. The third kappa shape index (κ3) is 6.14. The Kier molecular flexibility index (Phi) is 6.93. The Hall–Kier alpha value is -0.910. The zero-order chi connectivity index (χ0) is 13.4. The van der Waals surface area contributed by atoms with Crippen LogP contribution in [-0.2, 0) is 9.53 Å². The van der Waals surface area contributed by atoms with Crippen LogP contribution in [0.2, 0.25) is 0 Å². The van der Waals surface area contributed by atoms with Gasteiger partial charge in [-0.25, -0.2) is 0 Å². The van der Waals surface area contributed by atoms with Gasteiger partial charge >= 0.3 is 0 Å². The van der Waals surface area contributed by atoms with Gasteiger partial charge in [-0.1, -0.05) is 28.9 Å². The molecule has 1 aromatic carbocycles. The van der Waals surface area contributed by atoms with Crippen LogP contribution in [-0.4, -0.2) is 32.7 Å². The third-order valence-electron chi connectivity index (χ3n) is 2.34. The highest BCUT2D eigenvalue weighted by molar-refractivity contribution is 9.10. The second-order valence-corrected chi connectivity index (χ2v) is 5.17. The van der Waals surface area contributed by atoms with Gasteiger partial charge < -0.3 is 15.4 Å². The molecular weight excluding hydrogens is 296 g/mol. The average molecular weight is 315 g/mol. The topological polar surface area (TPSA) is 50.4 Å². The SMILES string of the molecule is COCC(C)CNCC(=O)Nc1cccc(Br)c1. The minimum atomic E-state index is -0.0438. The first-order valence-corrected chi connectivity index (χ1v) is 6.66. The Morgan fingerprint density at radius 1 is 1.50 bits per heavy atom. The highest BCUT2D eigenvalue weighted by atomic mass is 79.9. The van der Waals surface area contributed by atoms with Gasteiger partial charge in [-0.05, 0) is 24.1 Å². The first kappa shape index (κ1) is 15.1. The molecule has 4 nitrogen and oxygen atoms in total. The Morgan fingerprint density at radius 3 is 2.94 bits per heavy atom. The summed E-state index contributed by atoms with van der Waals surface area (Å²) in [6, 6.07) is 7.52. The molecule has 0 aliphatic carbocycles. The number of amides is 1. The fourth-order valence-electron chi connectivity index (χ4n) is 1.55. The number of nitrogens with one attached hydrogen (secondary N) is 2. The maximum Gasteiger partial charge on any atom is 0.238 e. The van der Waals surface area contributed by atoms with Crippen molar-refractivity contribution in [3.8, 4) is 0 Å². The molecule has 0 spiro atoms. The number of methoxy groups -OCH3 is 1. The minimum absolute atomic E-state index is 0.0438. The highest BCUT2D eigenvalue weighted by Crippen LogP contribution is 2.15. The number of carbonyl (C=O) groups excluding carboxylic acids is 1. The zero-order valence-corrected chi connectivity index (χ0v) is 12.3. The van der Waals surface area contributed by atoms with Crippen LogP contribution in [0.5, 0.6) is 0 Å². The summed E-state index contributed by atoms with van der Waals surface area (Å²) >= 11 is 3.36. The van der Waals surface area contributed by atoms with Gasteiger partial charge in [-0.3, -0.25) is 4.79 Å². The van der Waals surface area contributed by atoms with Gasteiger partial charge in [0, 0.05) is 30.4 Å². The summed E-state index contributed by atoms with van der Waals surface area (Å²) in [6.07, 6.45) is 0. The molecule has 0 aliphatic heterocycles. The van der Waals surface area contributed by atoms with Crippen molar-refractivity contribution in [3.05, 3.63) is 28.7 Å². The zero-order valence-electron chi connectivity index (χ0n) is 10.7. The smallest absolute Gasteiger partial charge is 0.238 e. The molecule has 0 radical (unpaired) electrons. The van der Waals surface area contributed by atoms with E-state index in [9.17, 15) is 4.79 Å². The lowest BCUT2D eigenvalue weighted by molar-refractivity contribution is -0.115. The van der Waals surface area contributed by atoms with E-state index in [0.29, 0.717) is 19.1 Å². The molecule has 0 bridgehead atoms. The van der Waals surface area contributed by atoms with Gasteiger partial charge in [0.2, 0.25) is 5.91 Å². The Labute approximate surface area is 116 Å². The summed E-state index contributed by atoms with van der Waals surface area (Å²) in [4.78, 5) is 11.6. The van der Waals surface area contributed by atoms with Gasteiger partial charge in [0.25, 0.3) is 0 Å². The van der Waals surface area contributed by atoms with Crippen molar-refractivity contribution in [2.24, 2.45) is 5.92 Å². The van der Waals surface area contributed by atoms with Crippen molar-refractivity contribution >= 4 is 27.5 Å². The van der Waals surface area contributed by atoms with Crippen molar-refractivity contribution in [2.75, 3.05) is 32.1 Å². The number of rotatable bonds is 7. The number of halogens is 1. The van der Waals surface area contributed by atoms with E-state index >= 15 is 0 Å². The molecule has 0 heterocycles. The van der Waals surface area contributed by atoms with E-state index in [1.54, 1.807) is 7.11 Å². The Balaban J connectivity index is 2.25. The van der Waals surface area contributed by atoms with E-state index in [0.717, 1.165) is 16.7 Å². The van der Waals surface area contributed by atoms with Crippen molar-refractivity contribution in [2.45, 2.75) is 6.92 Å². The van der Waals surface area contributed by atoms with Gasteiger partial charge in [-0.2, -0.15) is 0 Å². The summed E-state index contributed by atoms with van der Waals surface area (Å²) in [5, 5.41) is 5.93. The van der Waals surface area contributed by atoms with Crippen LogP contribution in [0.15, 0.2) is 28.7 Å². The van der Waals surface area contributed by atoms with E-state index in [2.05, 4.69) is 33.5 Å². The molecule has 0 aromatic heterocycles. The maximum atomic E-state index is 11.6. The number of carbonyl (C=O) groups is 1. The summed E-state index contributed by atoms with van der Waals surface area (Å²) < 4.78 is 5.97. The standard InChI is InChI=1S/C13H19BrN2O2/c1-10(9-18-2)7-15-8-13(17)16-12-5-3-4-11(14)6-12/h3-6,10,15H,7-9H2,1-2H3,(H,16,17). The first-order chi connectivity index (χ1) is 8.61. The molecule has 1 aromatic rings. The van der Waals surface area contributed by atoms with E-state index in [4.69, 9.17) is 4.74 Å². The fraction of sp³-hybridized carbons (Fsp3) is 0.462. The van der Waals surface area contributed by atoms with Crippen LogP contribution in [0.25, 0.3) is 0 Å². The molecule has 1 unspecified atom stereocenters. The van der Waals surface area contributed by atoms with E-state index in [-0.39, 0.29) is 5.91 Å². The number of anilines is 1. The first-order valence-electron chi connectivity index (χ1n) is 5.87. The van der Waals surface area contributed by atoms with Crippen LogP contribution in [0.4, 0.5) is 5.69 Å². The predicted octanol–water partition coefficient (Wildman–Crippen LogP) is 2.26. The lowest BCUT2D eigenvalue weighted by Crippen LogP contribution is -2.32. The molecule has 2 N–H and O–H groups in total. The second-order valence-electron chi connectivity index (χ2n) is 4.25. The molecule has 1 rings (SSSR count). The maximum absolute atomic E-state index is 11.6. The van der Waals surface area contributed by atoms with E-state index in [1.165, 1.54) is 0 Å². The molecule has 0 aliphatic rings. The van der Waals surface area contributed by atoms with Crippen molar-refractivity contribution in [1.82, 2.24) is 5.32 Å². The number of hydrogen-bond acceptors (Lipinski definition) is 3. The molecule has 1 amide bonds. The van der Waals surface area contributed by atoms with Crippen LogP contribution in [0.1, 0.15) is 6.92 Å². The summed E-state index contributed by atoms with van der Waals surface area (Å²) in [5.41, 5.74) is 0.793. The summed E-state index contributed by atoms with van der Waals surface area (Å²) in [7, 11) is 1.68. The molecule has 0 saturated carbocycles. The predicted molar refractivity (Wildman–Crippen MR) is 76.7 cm³/mol. The monoisotopic (exact) mass is 314 g/mol. The van der Waals surface area contributed by atoms with Gasteiger partial charge in [0.15, 0.2) is 0 Å². The van der Waals surface area contributed by atoms with Gasteiger partial charge in [0.05, 0.1) is 6.54 Å². The quantitative estimate of drug-likeness (QED) is 0.811. The van der Waals surface area contributed by atoms with Crippen LogP contribution >= 0.6 is 15.9 Å². The summed E-state index contributed by atoms with van der Waals surface area (Å²) in [6.45, 7) is 3.84. The minimum Gasteiger partial charge on any atom is -0.384 e. The molecular formula is C13H19BrN2O2. The Morgan fingerprint density at radius 2 is 2.28 bits per heavy atom. The number of benzene rings is 1. The molecule has 18 heavy (non-hydrogen) atoms. The van der Waals surface area contributed by atoms with Crippen LogP contribution < -0.4 is 10.6 Å². The second kappa shape index (κ2) is 8.24. The largest absolute Gasteiger partial charge is 0.384 e. The van der Waals surface area contributed by atoms with Crippen LogP contribution in [0.3, 0.4) is 0 Å².